The van der Waals surface area contributed by atoms with Crippen LogP contribution in [0.25, 0.3) is 0 Å². The first-order chi connectivity index (χ1) is 6.75. The van der Waals surface area contributed by atoms with Crippen LogP contribution in [0.3, 0.4) is 0 Å². The van der Waals surface area contributed by atoms with Crippen LogP contribution >= 0.6 is 0 Å². The zero-order valence-electron chi connectivity index (χ0n) is 8.27. The molecule has 0 saturated heterocycles. The second-order valence-corrected chi connectivity index (χ2v) is 3.38. The van der Waals surface area contributed by atoms with Gasteiger partial charge in [0.2, 0.25) is 0 Å². The quantitative estimate of drug-likeness (QED) is 0.528. The largest absolute Gasteiger partial charge is 0.303 e. The highest BCUT2D eigenvalue weighted by Gasteiger charge is 2.13. The molecule has 0 saturated carbocycles. The molecule has 0 N–H and O–H groups in total. The molecule has 0 amide bonds. The summed E-state index contributed by atoms with van der Waals surface area (Å²) in [6.07, 6.45) is 1.95. The Labute approximate surface area is 83.9 Å². The molecule has 1 aromatic rings. The average molecular weight is 190 g/mol. The number of hydrogen-bond donors (Lipinski definition) is 0. The molecule has 14 heavy (non-hydrogen) atoms. The standard InChI is InChI=1S/C12H14O2/c1-10(6-5-9-13)12(14)11-7-3-2-4-8-11/h2-4,7-10H,5-6H2,1H3. The van der Waals surface area contributed by atoms with Crippen LogP contribution in [0, 0.1) is 5.92 Å². The van der Waals surface area contributed by atoms with Crippen molar-refractivity contribution in [2.75, 3.05) is 0 Å². The average Bonchev–Trinajstić information content (AvgIpc) is 2.26. The van der Waals surface area contributed by atoms with E-state index < -0.39 is 0 Å². The molecule has 0 aliphatic carbocycles. The number of carbonyl (C=O) groups is 2. The molecule has 74 valence electrons. The summed E-state index contributed by atoms with van der Waals surface area (Å²) in [4.78, 5) is 21.9. The number of ketones is 1. The number of aldehydes is 1. The van der Waals surface area contributed by atoms with E-state index >= 15 is 0 Å². The minimum absolute atomic E-state index is 0.0670. The van der Waals surface area contributed by atoms with Gasteiger partial charge in [-0.1, -0.05) is 37.3 Å². The first kappa shape index (κ1) is 10.6. The van der Waals surface area contributed by atoms with Crippen molar-refractivity contribution in [1.82, 2.24) is 0 Å². The van der Waals surface area contributed by atoms with E-state index in [-0.39, 0.29) is 11.7 Å². The lowest BCUT2D eigenvalue weighted by atomic mass is 9.95. The number of carbonyl (C=O) groups excluding carboxylic acids is 2. The molecule has 0 aliphatic heterocycles. The molecule has 0 heterocycles. The van der Waals surface area contributed by atoms with Crippen LogP contribution < -0.4 is 0 Å². The van der Waals surface area contributed by atoms with Gasteiger partial charge in [-0.3, -0.25) is 4.79 Å². The maximum atomic E-state index is 11.7. The zero-order valence-corrected chi connectivity index (χ0v) is 8.27. The van der Waals surface area contributed by atoms with Crippen LogP contribution in [0.2, 0.25) is 0 Å². The van der Waals surface area contributed by atoms with Gasteiger partial charge in [-0.2, -0.15) is 0 Å². The minimum Gasteiger partial charge on any atom is -0.303 e. The van der Waals surface area contributed by atoms with Crippen molar-refractivity contribution in [1.29, 1.82) is 0 Å². The van der Waals surface area contributed by atoms with Gasteiger partial charge in [-0.05, 0) is 6.42 Å². The summed E-state index contributed by atoms with van der Waals surface area (Å²) < 4.78 is 0. The highest BCUT2D eigenvalue weighted by atomic mass is 16.1. The summed E-state index contributed by atoms with van der Waals surface area (Å²) in [5.41, 5.74) is 0.728. The molecule has 0 aromatic heterocycles. The molecule has 1 unspecified atom stereocenters. The molecule has 0 radical (unpaired) electrons. The predicted molar refractivity (Wildman–Crippen MR) is 55.2 cm³/mol. The van der Waals surface area contributed by atoms with Gasteiger partial charge >= 0.3 is 0 Å². The summed E-state index contributed by atoms with van der Waals surface area (Å²) in [7, 11) is 0. The Morgan fingerprint density at radius 1 is 1.36 bits per heavy atom. The molecule has 1 atom stereocenters. The molecular formula is C12H14O2. The van der Waals surface area contributed by atoms with Crippen molar-refractivity contribution in [3.8, 4) is 0 Å². The molecule has 0 fully saturated rings. The van der Waals surface area contributed by atoms with Crippen molar-refractivity contribution in [3.05, 3.63) is 35.9 Å². The summed E-state index contributed by atoms with van der Waals surface area (Å²) in [5, 5.41) is 0. The molecule has 1 rings (SSSR count). The van der Waals surface area contributed by atoms with Gasteiger partial charge < -0.3 is 4.79 Å². The van der Waals surface area contributed by atoms with Gasteiger partial charge in [0.1, 0.15) is 6.29 Å². The van der Waals surface area contributed by atoms with Crippen molar-refractivity contribution in [2.45, 2.75) is 19.8 Å². The summed E-state index contributed by atoms with van der Waals surface area (Å²) in [6, 6.07) is 9.19. The Balaban J connectivity index is 2.61. The van der Waals surface area contributed by atoms with E-state index in [4.69, 9.17) is 0 Å². The van der Waals surface area contributed by atoms with Crippen molar-refractivity contribution in [3.63, 3.8) is 0 Å². The van der Waals surface area contributed by atoms with E-state index in [9.17, 15) is 9.59 Å². The van der Waals surface area contributed by atoms with Crippen LogP contribution in [0.1, 0.15) is 30.1 Å². The smallest absolute Gasteiger partial charge is 0.165 e. The summed E-state index contributed by atoms with van der Waals surface area (Å²) in [6.45, 7) is 1.86. The molecule has 1 aromatic carbocycles. The Morgan fingerprint density at radius 3 is 2.57 bits per heavy atom. The van der Waals surface area contributed by atoms with E-state index in [0.717, 1.165) is 11.8 Å². The van der Waals surface area contributed by atoms with E-state index in [0.29, 0.717) is 12.8 Å². The molecular weight excluding hydrogens is 176 g/mol. The van der Waals surface area contributed by atoms with Gasteiger partial charge in [-0.25, -0.2) is 0 Å². The third kappa shape index (κ3) is 2.80. The van der Waals surface area contributed by atoms with E-state index in [1.807, 2.05) is 25.1 Å². The highest BCUT2D eigenvalue weighted by Crippen LogP contribution is 2.12. The first-order valence-electron chi connectivity index (χ1n) is 4.78. The van der Waals surface area contributed by atoms with Crippen LogP contribution in [0.4, 0.5) is 0 Å². The van der Waals surface area contributed by atoms with Crippen molar-refractivity contribution >= 4 is 12.1 Å². The van der Waals surface area contributed by atoms with Gasteiger partial charge in [-0.15, -0.1) is 0 Å². The Kier molecular flexibility index (Phi) is 4.05. The normalized spacial score (nSPS) is 12.1. The highest BCUT2D eigenvalue weighted by molar-refractivity contribution is 5.97. The number of benzene rings is 1. The lowest BCUT2D eigenvalue weighted by molar-refractivity contribution is -0.108. The molecule has 0 bridgehead atoms. The monoisotopic (exact) mass is 190 g/mol. The topological polar surface area (TPSA) is 34.1 Å². The third-order valence-corrected chi connectivity index (χ3v) is 2.22. The predicted octanol–water partition coefficient (Wildman–Crippen LogP) is 2.48. The van der Waals surface area contributed by atoms with Gasteiger partial charge in [0.15, 0.2) is 5.78 Å². The van der Waals surface area contributed by atoms with Crippen LogP contribution in [-0.2, 0) is 4.79 Å². The van der Waals surface area contributed by atoms with Crippen LogP contribution in [-0.4, -0.2) is 12.1 Å². The fourth-order valence-electron chi connectivity index (χ4n) is 1.34. The Morgan fingerprint density at radius 2 is 2.00 bits per heavy atom. The van der Waals surface area contributed by atoms with Gasteiger partial charge in [0.25, 0.3) is 0 Å². The van der Waals surface area contributed by atoms with Crippen LogP contribution in [0.5, 0.6) is 0 Å². The van der Waals surface area contributed by atoms with Crippen LogP contribution in [0.15, 0.2) is 30.3 Å². The second kappa shape index (κ2) is 5.32. The molecule has 2 heteroatoms. The summed E-state index contributed by atoms with van der Waals surface area (Å²) in [5.74, 6) is 0.0510. The van der Waals surface area contributed by atoms with Gasteiger partial charge in [0, 0.05) is 17.9 Å². The molecule has 0 aliphatic rings. The molecule has 2 nitrogen and oxygen atoms in total. The SMILES string of the molecule is CC(CCC=O)C(=O)c1ccccc1. The third-order valence-electron chi connectivity index (χ3n) is 2.22. The zero-order chi connectivity index (χ0) is 10.4. The number of rotatable bonds is 5. The maximum Gasteiger partial charge on any atom is 0.165 e. The lowest BCUT2D eigenvalue weighted by Crippen LogP contribution is -2.11. The fraction of sp³-hybridized carbons (Fsp3) is 0.333. The van der Waals surface area contributed by atoms with E-state index in [1.165, 1.54) is 0 Å². The summed E-state index contributed by atoms with van der Waals surface area (Å²) >= 11 is 0. The Bertz CT molecular complexity index is 303. The van der Waals surface area contributed by atoms with Gasteiger partial charge in [0.05, 0.1) is 0 Å². The van der Waals surface area contributed by atoms with Crippen molar-refractivity contribution in [2.24, 2.45) is 5.92 Å². The molecule has 0 spiro atoms. The Hall–Kier alpha value is -1.44. The second-order valence-electron chi connectivity index (χ2n) is 3.38. The maximum absolute atomic E-state index is 11.7. The number of Topliss-reactive ketones (excluding diaryl/α,β-unsaturated/α-hetero) is 1. The van der Waals surface area contributed by atoms with E-state index in [1.54, 1.807) is 12.1 Å². The van der Waals surface area contributed by atoms with Crippen molar-refractivity contribution < 1.29 is 9.59 Å². The van der Waals surface area contributed by atoms with E-state index in [2.05, 4.69) is 0 Å². The number of hydrogen-bond acceptors (Lipinski definition) is 2. The fourth-order valence-corrected chi connectivity index (χ4v) is 1.34. The lowest BCUT2D eigenvalue weighted by Gasteiger charge is -2.07. The first-order valence-corrected chi connectivity index (χ1v) is 4.78. The minimum atomic E-state index is -0.0670.